The molecule has 0 fully saturated rings. The molecule has 3 nitrogen and oxygen atoms in total. The van der Waals surface area contributed by atoms with Crippen LogP contribution < -0.4 is 0 Å². The normalized spacial score (nSPS) is 10.6. The molecule has 3 rings (SSSR count). The molecule has 0 radical (unpaired) electrons. The minimum atomic E-state index is -0.373. The SMILES string of the molecule is C=C(C)C(=O)OCCc1cc(-c2ccc(-c3ccccc3)c(C)c2)ccc1CCO. The lowest BCUT2D eigenvalue weighted by molar-refractivity contribution is -0.138. The number of carbonyl (C=O) groups is 1. The molecule has 0 spiro atoms. The van der Waals surface area contributed by atoms with Gasteiger partial charge in [-0.05, 0) is 59.2 Å². The Bertz CT molecular complexity index is 1040. The predicted octanol–water partition coefficient (Wildman–Crippen LogP) is 5.53. The van der Waals surface area contributed by atoms with E-state index in [4.69, 9.17) is 4.74 Å². The van der Waals surface area contributed by atoms with Crippen molar-refractivity contribution in [1.29, 1.82) is 0 Å². The summed E-state index contributed by atoms with van der Waals surface area (Å²) in [7, 11) is 0. The van der Waals surface area contributed by atoms with Gasteiger partial charge in [-0.3, -0.25) is 0 Å². The average Bonchev–Trinajstić information content (AvgIpc) is 2.75. The molecule has 0 amide bonds. The summed E-state index contributed by atoms with van der Waals surface area (Å²) in [5.41, 5.74) is 8.46. The first-order valence-electron chi connectivity index (χ1n) is 10.2. The van der Waals surface area contributed by atoms with E-state index in [1.165, 1.54) is 16.7 Å². The molecule has 0 saturated carbocycles. The minimum Gasteiger partial charge on any atom is -0.462 e. The van der Waals surface area contributed by atoms with Gasteiger partial charge in [0.25, 0.3) is 0 Å². The maximum Gasteiger partial charge on any atom is 0.333 e. The number of hydrogen-bond acceptors (Lipinski definition) is 3. The summed E-state index contributed by atoms with van der Waals surface area (Å²) in [6.45, 7) is 7.76. The average molecular weight is 401 g/mol. The van der Waals surface area contributed by atoms with E-state index in [1.54, 1.807) is 6.92 Å². The third-order valence-electron chi connectivity index (χ3n) is 5.18. The number of benzene rings is 3. The maximum atomic E-state index is 11.7. The molecular formula is C27H28O3. The Kier molecular flexibility index (Phi) is 7.21. The summed E-state index contributed by atoms with van der Waals surface area (Å²) >= 11 is 0. The van der Waals surface area contributed by atoms with E-state index in [-0.39, 0.29) is 12.6 Å². The van der Waals surface area contributed by atoms with Gasteiger partial charge in [-0.2, -0.15) is 0 Å². The fourth-order valence-corrected chi connectivity index (χ4v) is 3.56. The van der Waals surface area contributed by atoms with Crippen LogP contribution in [-0.2, 0) is 22.4 Å². The van der Waals surface area contributed by atoms with Crippen molar-refractivity contribution in [3.05, 3.63) is 95.6 Å². The van der Waals surface area contributed by atoms with Crippen LogP contribution in [0.4, 0.5) is 0 Å². The molecule has 0 unspecified atom stereocenters. The lowest BCUT2D eigenvalue weighted by Crippen LogP contribution is -2.09. The highest BCUT2D eigenvalue weighted by Crippen LogP contribution is 2.30. The van der Waals surface area contributed by atoms with Crippen molar-refractivity contribution >= 4 is 5.97 Å². The number of hydrogen-bond donors (Lipinski definition) is 1. The molecule has 0 bridgehead atoms. The van der Waals surface area contributed by atoms with Gasteiger partial charge in [0.1, 0.15) is 0 Å². The van der Waals surface area contributed by atoms with Crippen LogP contribution in [0.3, 0.4) is 0 Å². The molecule has 3 aromatic rings. The zero-order valence-corrected chi connectivity index (χ0v) is 17.7. The van der Waals surface area contributed by atoms with Crippen molar-refractivity contribution in [1.82, 2.24) is 0 Å². The monoisotopic (exact) mass is 400 g/mol. The molecular weight excluding hydrogens is 372 g/mol. The summed E-state index contributed by atoms with van der Waals surface area (Å²) in [4.78, 5) is 11.7. The van der Waals surface area contributed by atoms with Crippen molar-refractivity contribution in [2.75, 3.05) is 13.2 Å². The van der Waals surface area contributed by atoms with Crippen molar-refractivity contribution in [3.8, 4) is 22.3 Å². The lowest BCUT2D eigenvalue weighted by Gasteiger charge is -2.14. The number of rotatable bonds is 8. The largest absolute Gasteiger partial charge is 0.462 e. The molecule has 154 valence electrons. The van der Waals surface area contributed by atoms with Crippen molar-refractivity contribution < 1.29 is 14.6 Å². The molecule has 0 aliphatic carbocycles. The van der Waals surface area contributed by atoms with Gasteiger partial charge < -0.3 is 9.84 Å². The van der Waals surface area contributed by atoms with Crippen molar-refractivity contribution in [3.63, 3.8) is 0 Å². The second kappa shape index (κ2) is 10.0. The molecule has 1 N–H and O–H groups in total. The summed E-state index contributed by atoms with van der Waals surface area (Å²) in [6, 6.07) is 23.2. The van der Waals surface area contributed by atoms with Crippen LogP contribution in [-0.4, -0.2) is 24.3 Å². The van der Waals surface area contributed by atoms with Crippen LogP contribution >= 0.6 is 0 Å². The predicted molar refractivity (Wildman–Crippen MR) is 122 cm³/mol. The molecule has 30 heavy (non-hydrogen) atoms. The Morgan fingerprint density at radius 1 is 0.900 bits per heavy atom. The van der Waals surface area contributed by atoms with E-state index >= 15 is 0 Å². The third kappa shape index (κ3) is 5.25. The number of carbonyl (C=O) groups excluding carboxylic acids is 1. The molecule has 0 aliphatic heterocycles. The maximum absolute atomic E-state index is 11.7. The first kappa shape index (κ1) is 21.5. The Labute approximate surface area is 178 Å². The fourth-order valence-electron chi connectivity index (χ4n) is 3.56. The van der Waals surface area contributed by atoms with E-state index in [2.05, 4.69) is 74.2 Å². The number of aliphatic hydroxyl groups excluding tert-OH is 1. The number of esters is 1. The van der Waals surface area contributed by atoms with Crippen LogP contribution in [0, 0.1) is 6.92 Å². The van der Waals surface area contributed by atoms with Gasteiger partial charge in [0, 0.05) is 18.6 Å². The summed E-state index contributed by atoms with van der Waals surface area (Å²) in [5.74, 6) is -0.373. The first-order chi connectivity index (χ1) is 14.5. The number of aliphatic hydroxyl groups is 1. The van der Waals surface area contributed by atoms with E-state index in [9.17, 15) is 9.90 Å². The van der Waals surface area contributed by atoms with Crippen LogP contribution in [0.1, 0.15) is 23.6 Å². The van der Waals surface area contributed by atoms with Gasteiger partial charge in [-0.15, -0.1) is 0 Å². The Morgan fingerprint density at radius 2 is 1.60 bits per heavy atom. The molecule has 0 aromatic heterocycles. The van der Waals surface area contributed by atoms with Gasteiger partial charge in [0.05, 0.1) is 6.61 Å². The third-order valence-corrected chi connectivity index (χ3v) is 5.18. The summed E-state index contributed by atoms with van der Waals surface area (Å²) in [6.07, 6.45) is 1.18. The zero-order chi connectivity index (χ0) is 21.5. The molecule has 0 saturated heterocycles. The summed E-state index contributed by atoms with van der Waals surface area (Å²) in [5, 5.41) is 9.40. The zero-order valence-electron chi connectivity index (χ0n) is 17.7. The van der Waals surface area contributed by atoms with E-state index in [0.29, 0.717) is 25.0 Å². The summed E-state index contributed by atoms with van der Waals surface area (Å²) < 4.78 is 5.27. The molecule has 0 atom stereocenters. The number of aryl methyl sites for hydroxylation is 1. The smallest absolute Gasteiger partial charge is 0.333 e. The molecule has 0 heterocycles. The Morgan fingerprint density at radius 3 is 2.27 bits per heavy atom. The van der Waals surface area contributed by atoms with Gasteiger partial charge in [-0.1, -0.05) is 73.3 Å². The van der Waals surface area contributed by atoms with Gasteiger partial charge in [0.15, 0.2) is 0 Å². The first-order valence-corrected chi connectivity index (χ1v) is 10.2. The van der Waals surface area contributed by atoms with Gasteiger partial charge >= 0.3 is 5.97 Å². The highest BCUT2D eigenvalue weighted by atomic mass is 16.5. The van der Waals surface area contributed by atoms with Crippen molar-refractivity contribution in [2.24, 2.45) is 0 Å². The van der Waals surface area contributed by atoms with E-state index in [0.717, 1.165) is 22.3 Å². The van der Waals surface area contributed by atoms with Crippen LogP contribution in [0.25, 0.3) is 22.3 Å². The van der Waals surface area contributed by atoms with Crippen LogP contribution in [0.5, 0.6) is 0 Å². The Balaban J connectivity index is 1.86. The highest BCUT2D eigenvalue weighted by Gasteiger charge is 2.10. The topological polar surface area (TPSA) is 46.5 Å². The van der Waals surface area contributed by atoms with E-state index in [1.807, 2.05) is 6.07 Å². The van der Waals surface area contributed by atoms with Crippen LogP contribution in [0.15, 0.2) is 78.9 Å². The van der Waals surface area contributed by atoms with Crippen LogP contribution in [0.2, 0.25) is 0 Å². The molecule has 3 aromatic carbocycles. The standard InChI is InChI=1S/C27H28O3/c1-19(2)27(29)30-16-14-25-18-24(10-9-21(25)13-15-28)23-11-12-26(20(3)17-23)22-7-5-4-6-8-22/h4-12,17-18,28H,1,13-16H2,2-3H3. The second-order valence-corrected chi connectivity index (χ2v) is 7.52. The Hall–Kier alpha value is -3.17. The minimum absolute atomic E-state index is 0.0861. The fraction of sp³-hybridized carbons (Fsp3) is 0.222. The highest BCUT2D eigenvalue weighted by molar-refractivity contribution is 5.86. The molecule has 0 aliphatic rings. The number of ether oxygens (including phenoxy) is 1. The lowest BCUT2D eigenvalue weighted by atomic mass is 9.93. The van der Waals surface area contributed by atoms with Gasteiger partial charge in [-0.25, -0.2) is 4.79 Å². The quantitative estimate of drug-likeness (QED) is 0.400. The van der Waals surface area contributed by atoms with E-state index < -0.39 is 0 Å². The second-order valence-electron chi connectivity index (χ2n) is 7.52. The molecule has 3 heteroatoms. The van der Waals surface area contributed by atoms with Gasteiger partial charge in [0.2, 0.25) is 0 Å². The van der Waals surface area contributed by atoms with Crippen molar-refractivity contribution in [2.45, 2.75) is 26.7 Å².